The van der Waals surface area contributed by atoms with Gasteiger partial charge in [0.2, 0.25) is 0 Å². The molecule has 0 bridgehead atoms. The zero-order chi connectivity index (χ0) is 12.8. The van der Waals surface area contributed by atoms with Crippen LogP contribution in [-0.2, 0) is 6.61 Å². The monoisotopic (exact) mass is 235 g/mol. The van der Waals surface area contributed by atoms with E-state index in [0.29, 0.717) is 22.6 Å². The molecule has 2 aromatic rings. The second-order valence-corrected chi connectivity index (χ2v) is 3.52. The summed E-state index contributed by atoms with van der Waals surface area (Å²) in [5.74, 6) is 0.507. The Morgan fingerprint density at radius 1 is 1.06 bits per heavy atom. The van der Waals surface area contributed by atoms with Crippen molar-refractivity contribution in [2.45, 2.75) is 6.61 Å². The molecule has 2 rings (SSSR count). The second-order valence-electron chi connectivity index (χ2n) is 3.52. The van der Waals surface area contributed by atoms with Gasteiger partial charge in [-0.05, 0) is 18.2 Å². The van der Waals surface area contributed by atoms with Crippen LogP contribution in [0.3, 0.4) is 0 Å². The molecule has 1 aromatic carbocycles. The van der Waals surface area contributed by atoms with Crippen LogP contribution in [0.15, 0.2) is 42.6 Å². The summed E-state index contributed by atoms with van der Waals surface area (Å²) in [6.07, 6.45) is 1.56. The Hall–Kier alpha value is -2.85. The van der Waals surface area contributed by atoms with Crippen molar-refractivity contribution in [3.63, 3.8) is 0 Å². The molecule has 18 heavy (non-hydrogen) atoms. The number of aromatic nitrogens is 1. The molecule has 0 aliphatic rings. The van der Waals surface area contributed by atoms with E-state index in [4.69, 9.17) is 15.3 Å². The number of pyridine rings is 1. The molecular formula is C14H9N3O. The van der Waals surface area contributed by atoms with Gasteiger partial charge in [0, 0.05) is 11.8 Å². The van der Waals surface area contributed by atoms with Gasteiger partial charge in [0.05, 0.1) is 5.56 Å². The molecule has 0 saturated heterocycles. The van der Waals surface area contributed by atoms with E-state index in [0.717, 1.165) is 0 Å². The van der Waals surface area contributed by atoms with Gasteiger partial charge in [-0.25, -0.2) is 4.98 Å². The Kier molecular flexibility index (Phi) is 3.53. The highest BCUT2D eigenvalue weighted by Crippen LogP contribution is 2.18. The SMILES string of the molecule is N#Cc1ccccc1OCc1cccnc1C#N. The fourth-order valence-corrected chi connectivity index (χ4v) is 1.50. The highest BCUT2D eigenvalue weighted by Gasteiger charge is 2.05. The van der Waals surface area contributed by atoms with E-state index < -0.39 is 0 Å². The molecule has 0 amide bonds. The first-order chi connectivity index (χ1) is 8.85. The van der Waals surface area contributed by atoms with Gasteiger partial charge in [-0.15, -0.1) is 0 Å². The predicted octanol–water partition coefficient (Wildman–Crippen LogP) is 2.40. The van der Waals surface area contributed by atoms with Crippen molar-refractivity contribution >= 4 is 0 Å². The van der Waals surface area contributed by atoms with Gasteiger partial charge >= 0.3 is 0 Å². The van der Waals surface area contributed by atoms with Crippen LogP contribution in [0.1, 0.15) is 16.8 Å². The van der Waals surface area contributed by atoms with Crippen LogP contribution in [0.5, 0.6) is 5.75 Å². The van der Waals surface area contributed by atoms with Crippen LogP contribution in [0, 0.1) is 22.7 Å². The minimum Gasteiger partial charge on any atom is -0.487 e. The largest absolute Gasteiger partial charge is 0.487 e. The molecule has 1 aromatic heterocycles. The highest BCUT2D eigenvalue weighted by atomic mass is 16.5. The number of hydrogen-bond donors (Lipinski definition) is 0. The van der Waals surface area contributed by atoms with Crippen LogP contribution >= 0.6 is 0 Å². The Balaban J connectivity index is 2.18. The third-order valence-electron chi connectivity index (χ3n) is 2.39. The van der Waals surface area contributed by atoms with Gasteiger partial charge in [-0.1, -0.05) is 18.2 Å². The number of benzene rings is 1. The molecule has 0 aliphatic carbocycles. The third-order valence-corrected chi connectivity index (χ3v) is 2.39. The summed E-state index contributed by atoms with van der Waals surface area (Å²) in [4.78, 5) is 3.95. The third kappa shape index (κ3) is 2.45. The maximum atomic E-state index is 8.92. The minimum absolute atomic E-state index is 0.218. The topological polar surface area (TPSA) is 69.7 Å². The number of nitriles is 2. The van der Waals surface area contributed by atoms with Crippen molar-refractivity contribution in [2.75, 3.05) is 0 Å². The molecule has 0 aliphatic heterocycles. The molecule has 4 nitrogen and oxygen atoms in total. The van der Waals surface area contributed by atoms with Crippen LogP contribution in [0.4, 0.5) is 0 Å². The molecule has 1 heterocycles. The standard InChI is InChI=1S/C14H9N3O/c15-8-11-4-1-2-6-14(11)18-10-12-5-3-7-17-13(12)9-16/h1-7H,10H2. The van der Waals surface area contributed by atoms with E-state index >= 15 is 0 Å². The number of rotatable bonds is 3. The van der Waals surface area contributed by atoms with E-state index in [1.807, 2.05) is 6.07 Å². The first-order valence-corrected chi connectivity index (χ1v) is 5.31. The molecule has 0 radical (unpaired) electrons. The smallest absolute Gasteiger partial charge is 0.147 e. The Bertz CT molecular complexity index is 580. The molecule has 0 fully saturated rings. The van der Waals surface area contributed by atoms with Crippen molar-refractivity contribution in [3.05, 3.63) is 59.4 Å². The maximum Gasteiger partial charge on any atom is 0.147 e. The highest BCUT2D eigenvalue weighted by molar-refractivity contribution is 5.42. The molecule has 0 unspecified atom stereocenters. The average molecular weight is 235 g/mol. The summed E-state index contributed by atoms with van der Waals surface area (Å²) >= 11 is 0. The van der Waals surface area contributed by atoms with Crippen LogP contribution < -0.4 is 4.74 Å². The molecule has 0 N–H and O–H groups in total. The quantitative estimate of drug-likeness (QED) is 0.819. The van der Waals surface area contributed by atoms with E-state index in [2.05, 4.69) is 11.1 Å². The van der Waals surface area contributed by atoms with Crippen molar-refractivity contribution in [1.29, 1.82) is 10.5 Å². The van der Waals surface area contributed by atoms with E-state index in [-0.39, 0.29) is 6.61 Å². The van der Waals surface area contributed by atoms with Gasteiger partial charge in [-0.3, -0.25) is 0 Å². The maximum absolute atomic E-state index is 8.92. The molecule has 86 valence electrons. The fourth-order valence-electron chi connectivity index (χ4n) is 1.50. The van der Waals surface area contributed by atoms with Gasteiger partial charge in [0.15, 0.2) is 0 Å². The molecular weight excluding hydrogens is 226 g/mol. The number of hydrogen-bond acceptors (Lipinski definition) is 4. The van der Waals surface area contributed by atoms with Crippen molar-refractivity contribution in [2.24, 2.45) is 0 Å². The second kappa shape index (κ2) is 5.47. The lowest BCUT2D eigenvalue weighted by atomic mass is 10.2. The van der Waals surface area contributed by atoms with E-state index in [1.165, 1.54) is 0 Å². The fraction of sp³-hybridized carbons (Fsp3) is 0.0714. The lowest BCUT2D eigenvalue weighted by Crippen LogP contribution is -2.00. The summed E-state index contributed by atoms with van der Waals surface area (Å²) < 4.78 is 5.54. The number of para-hydroxylation sites is 1. The molecule has 0 spiro atoms. The summed E-state index contributed by atoms with van der Waals surface area (Å²) in [6, 6.07) is 14.6. The summed E-state index contributed by atoms with van der Waals surface area (Å²) in [7, 11) is 0. The van der Waals surface area contributed by atoms with Crippen LogP contribution in [-0.4, -0.2) is 4.98 Å². The number of nitrogens with zero attached hydrogens (tertiary/aromatic N) is 3. The van der Waals surface area contributed by atoms with Crippen molar-refractivity contribution in [3.8, 4) is 17.9 Å². The van der Waals surface area contributed by atoms with Crippen molar-refractivity contribution in [1.82, 2.24) is 4.98 Å². The summed E-state index contributed by atoms with van der Waals surface area (Å²) in [5.41, 5.74) is 1.51. The predicted molar refractivity (Wildman–Crippen MR) is 64.4 cm³/mol. The van der Waals surface area contributed by atoms with E-state index in [1.54, 1.807) is 42.6 Å². The summed E-state index contributed by atoms with van der Waals surface area (Å²) in [6.45, 7) is 0.218. The number of ether oxygens (including phenoxy) is 1. The normalized spacial score (nSPS) is 9.22. The minimum atomic E-state index is 0.218. The first kappa shape index (κ1) is 11.6. The van der Waals surface area contributed by atoms with Gasteiger partial charge in [0.25, 0.3) is 0 Å². The Labute approximate surface area is 105 Å². The van der Waals surface area contributed by atoms with Crippen molar-refractivity contribution < 1.29 is 4.74 Å². The lowest BCUT2D eigenvalue weighted by Gasteiger charge is -2.08. The Morgan fingerprint density at radius 2 is 1.89 bits per heavy atom. The molecule has 0 saturated carbocycles. The van der Waals surface area contributed by atoms with Crippen LogP contribution in [0.2, 0.25) is 0 Å². The first-order valence-electron chi connectivity index (χ1n) is 5.31. The van der Waals surface area contributed by atoms with Gasteiger partial charge < -0.3 is 4.74 Å². The Morgan fingerprint density at radius 3 is 2.67 bits per heavy atom. The molecule has 4 heteroatoms. The summed E-state index contributed by atoms with van der Waals surface area (Å²) in [5, 5.41) is 17.8. The zero-order valence-corrected chi connectivity index (χ0v) is 9.50. The van der Waals surface area contributed by atoms with Gasteiger partial charge in [0.1, 0.15) is 30.2 Å². The average Bonchev–Trinajstić information content (AvgIpc) is 2.45. The molecule has 0 atom stereocenters. The van der Waals surface area contributed by atoms with E-state index in [9.17, 15) is 0 Å². The lowest BCUT2D eigenvalue weighted by molar-refractivity contribution is 0.304. The van der Waals surface area contributed by atoms with Crippen LogP contribution in [0.25, 0.3) is 0 Å². The zero-order valence-electron chi connectivity index (χ0n) is 9.50. The van der Waals surface area contributed by atoms with Gasteiger partial charge in [-0.2, -0.15) is 10.5 Å².